The number of rotatable bonds is 4. The average Bonchev–Trinajstić information content (AvgIpc) is 3.43. The van der Waals surface area contributed by atoms with Crippen LogP contribution in [0.3, 0.4) is 0 Å². The van der Waals surface area contributed by atoms with E-state index in [4.69, 9.17) is 4.74 Å². The smallest absolute Gasteiger partial charge is 0.237 e. The van der Waals surface area contributed by atoms with E-state index in [9.17, 15) is 0 Å². The fraction of sp³-hybridized carbons (Fsp3) is 0. The van der Waals surface area contributed by atoms with Gasteiger partial charge in [-0.15, -0.1) is 15.3 Å². The molecular weight excluding hydrogens is 348 g/mol. The zero-order chi connectivity index (χ0) is 17.3. The standard InChI is InChI=1S/C18H12N6OS/c1-9-19-23(10-1)14-2-4-15(5-3-14)25-17-7-6-16-20-21-18(24(16)22-17)13-8-11-26-12-13/h1-12H. The summed E-state index contributed by atoms with van der Waals surface area (Å²) < 4.78 is 9.37. The second-order valence-electron chi connectivity index (χ2n) is 5.52. The molecule has 0 aliphatic heterocycles. The van der Waals surface area contributed by atoms with Crippen LogP contribution in [0.25, 0.3) is 22.7 Å². The second-order valence-corrected chi connectivity index (χ2v) is 6.30. The van der Waals surface area contributed by atoms with Crippen LogP contribution in [0.2, 0.25) is 0 Å². The normalized spacial score (nSPS) is 11.1. The lowest BCUT2D eigenvalue weighted by Crippen LogP contribution is -1.98. The molecule has 1 aromatic carbocycles. The third-order valence-electron chi connectivity index (χ3n) is 3.85. The number of aromatic nitrogens is 6. The Bertz CT molecular complexity index is 1150. The molecule has 0 aliphatic carbocycles. The summed E-state index contributed by atoms with van der Waals surface area (Å²) in [5, 5.41) is 21.1. The summed E-state index contributed by atoms with van der Waals surface area (Å²) in [5.41, 5.74) is 2.62. The highest BCUT2D eigenvalue weighted by atomic mass is 32.1. The Labute approximate surface area is 152 Å². The molecule has 4 aromatic heterocycles. The van der Waals surface area contributed by atoms with E-state index >= 15 is 0 Å². The van der Waals surface area contributed by atoms with E-state index in [2.05, 4.69) is 20.4 Å². The fourth-order valence-electron chi connectivity index (χ4n) is 2.61. The van der Waals surface area contributed by atoms with Crippen molar-refractivity contribution in [2.75, 3.05) is 0 Å². The fourth-order valence-corrected chi connectivity index (χ4v) is 3.24. The van der Waals surface area contributed by atoms with Crippen LogP contribution in [-0.4, -0.2) is 29.6 Å². The topological polar surface area (TPSA) is 70.1 Å². The van der Waals surface area contributed by atoms with E-state index in [-0.39, 0.29) is 0 Å². The molecule has 0 saturated heterocycles. The average molecular weight is 360 g/mol. The van der Waals surface area contributed by atoms with Gasteiger partial charge in [-0.25, -0.2) is 4.68 Å². The summed E-state index contributed by atoms with van der Waals surface area (Å²) in [6.07, 6.45) is 3.64. The van der Waals surface area contributed by atoms with Crippen LogP contribution in [0, 0.1) is 0 Å². The molecule has 0 radical (unpaired) electrons. The molecule has 0 bridgehead atoms. The van der Waals surface area contributed by atoms with Gasteiger partial charge >= 0.3 is 0 Å². The van der Waals surface area contributed by atoms with Gasteiger partial charge in [-0.3, -0.25) is 0 Å². The summed E-state index contributed by atoms with van der Waals surface area (Å²) >= 11 is 1.61. The number of ether oxygens (including phenoxy) is 1. The number of hydrogen-bond donors (Lipinski definition) is 0. The van der Waals surface area contributed by atoms with Crippen LogP contribution in [-0.2, 0) is 0 Å². The highest BCUT2D eigenvalue weighted by Crippen LogP contribution is 2.24. The predicted molar refractivity (Wildman–Crippen MR) is 97.7 cm³/mol. The number of benzene rings is 1. The predicted octanol–water partition coefficient (Wildman–Crippen LogP) is 3.83. The first-order valence-corrected chi connectivity index (χ1v) is 8.84. The molecular formula is C18H12N6OS. The van der Waals surface area contributed by atoms with Gasteiger partial charge in [0.05, 0.1) is 5.69 Å². The Morgan fingerprint density at radius 2 is 1.88 bits per heavy atom. The van der Waals surface area contributed by atoms with E-state index in [1.165, 1.54) is 0 Å². The molecule has 0 fully saturated rings. The van der Waals surface area contributed by atoms with E-state index in [0.29, 0.717) is 23.1 Å². The van der Waals surface area contributed by atoms with Crippen molar-refractivity contribution in [3.63, 3.8) is 0 Å². The van der Waals surface area contributed by atoms with Crippen molar-refractivity contribution in [2.24, 2.45) is 0 Å². The van der Waals surface area contributed by atoms with Crippen molar-refractivity contribution in [1.82, 2.24) is 29.6 Å². The minimum atomic E-state index is 0.473. The molecule has 7 nitrogen and oxygen atoms in total. The van der Waals surface area contributed by atoms with Crippen molar-refractivity contribution in [3.8, 4) is 28.7 Å². The van der Waals surface area contributed by atoms with Gasteiger partial charge in [0.15, 0.2) is 11.5 Å². The molecule has 4 heterocycles. The maximum absolute atomic E-state index is 5.89. The number of hydrogen-bond acceptors (Lipinski definition) is 6. The van der Waals surface area contributed by atoms with E-state index in [1.807, 2.05) is 59.4 Å². The van der Waals surface area contributed by atoms with Gasteiger partial charge in [0.25, 0.3) is 0 Å². The zero-order valence-electron chi connectivity index (χ0n) is 13.4. The minimum absolute atomic E-state index is 0.473. The number of nitrogens with zero attached hydrogens (tertiary/aromatic N) is 6. The first-order chi connectivity index (χ1) is 12.9. The molecule has 0 amide bonds. The third kappa shape index (κ3) is 2.62. The van der Waals surface area contributed by atoms with Crippen molar-refractivity contribution >= 4 is 17.0 Å². The van der Waals surface area contributed by atoms with Crippen molar-refractivity contribution in [3.05, 3.63) is 71.7 Å². The monoisotopic (exact) mass is 360 g/mol. The molecule has 0 saturated carbocycles. The van der Waals surface area contributed by atoms with Crippen LogP contribution in [0.1, 0.15) is 0 Å². The summed E-state index contributed by atoms with van der Waals surface area (Å²) in [6.45, 7) is 0. The second kappa shape index (κ2) is 6.08. The zero-order valence-corrected chi connectivity index (χ0v) is 14.2. The Morgan fingerprint density at radius 3 is 2.65 bits per heavy atom. The number of fused-ring (bicyclic) bond motifs is 1. The maximum Gasteiger partial charge on any atom is 0.237 e. The lowest BCUT2D eigenvalue weighted by molar-refractivity contribution is 0.452. The first-order valence-electron chi connectivity index (χ1n) is 7.90. The molecule has 8 heteroatoms. The molecule has 0 atom stereocenters. The Hall–Kier alpha value is -3.52. The highest BCUT2D eigenvalue weighted by molar-refractivity contribution is 7.08. The number of thiophene rings is 1. The molecule has 0 unspecified atom stereocenters. The Morgan fingerprint density at radius 1 is 0.962 bits per heavy atom. The van der Waals surface area contributed by atoms with Crippen molar-refractivity contribution in [2.45, 2.75) is 0 Å². The molecule has 5 rings (SSSR count). The molecule has 126 valence electrons. The molecule has 0 N–H and O–H groups in total. The van der Waals surface area contributed by atoms with Crippen molar-refractivity contribution in [1.29, 1.82) is 0 Å². The largest absolute Gasteiger partial charge is 0.438 e. The highest BCUT2D eigenvalue weighted by Gasteiger charge is 2.11. The summed E-state index contributed by atoms with van der Waals surface area (Å²) in [6, 6.07) is 15.1. The van der Waals surface area contributed by atoms with E-state index < -0.39 is 0 Å². The Kier molecular flexibility index (Phi) is 3.46. The summed E-state index contributed by atoms with van der Waals surface area (Å²) in [5.74, 6) is 1.86. The SMILES string of the molecule is c1cnn(-c2ccc(Oc3ccc4nnc(-c5ccsc5)n4n3)cc2)c1. The van der Waals surface area contributed by atoms with Gasteiger partial charge in [-0.2, -0.15) is 21.0 Å². The van der Waals surface area contributed by atoms with Gasteiger partial charge < -0.3 is 4.74 Å². The van der Waals surface area contributed by atoms with Gasteiger partial charge in [0.2, 0.25) is 5.88 Å². The quantitative estimate of drug-likeness (QED) is 0.487. The van der Waals surface area contributed by atoms with Crippen LogP contribution < -0.4 is 4.74 Å². The van der Waals surface area contributed by atoms with Crippen molar-refractivity contribution < 1.29 is 4.74 Å². The first kappa shape index (κ1) is 14.8. The molecule has 5 aromatic rings. The molecule has 26 heavy (non-hydrogen) atoms. The lowest BCUT2D eigenvalue weighted by atomic mass is 10.3. The van der Waals surface area contributed by atoms with Crippen LogP contribution >= 0.6 is 11.3 Å². The third-order valence-corrected chi connectivity index (χ3v) is 4.53. The summed E-state index contributed by atoms with van der Waals surface area (Å²) in [4.78, 5) is 0. The van der Waals surface area contributed by atoms with Gasteiger partial charge in [-0.05, 0) is 47.8 Å². The maximum atomic E-state index is 5.89. The Balaban J connectivity index is 1.45. The van der Waals surface area contributed by atoms with Gasteiger partial charge in [0.1, 0.15) is 5.75 Å². The van der Waals surface area contributed by atoms with Crippen LogP contribution in [0.15, 0.2) is 71.7 Å². The molecule has 0 spiro atoms. The van der Waals surface area contributed by atoms with Gasteiger partial charge in [0, 0.05) is 29.4 Å². The lowest BCUT2D eigenvalue weighted by Gasteiger charge is -2.07. The minimum Gasteiger partial charge on any atom is -0.438 e. The summed E-state index contributed by atoms with van der Waals surface area (Å²) in [7, 11) is 0. The van der Waals surface area contributed by atoms with Crippen LogP contribution in [0.4, 0.5) is 0 Å². The van der Waals surface area contributed by atoms with E-state index in [0.717, 1.165) is 11.3 Å². The van der Waals surface area contributed by atoms with E-state index in [1.54, 1.807) is 32.8 Å². The molecule has 0 aliphatic rings. The van der Waals surface area contributed by atoms with Crippen LogP contribution in [0.5, 0.6) is 11.6 Å². The van der Waals surface area contributed by atoms with Gasteiger partial charge in [-0.1, -0.05) is 0 Å².